The Balaban J connectivity index is 4.38. The molecule has 0 aliphatic carbocycles. The number of alkyl halides is 3. The molecule has 3 heteroatoms. The summed E-state index contributed by atoms with van der Waals surface area (Å²) in [5, 5.41) is 0. The second kappa shape index (κ2) is 4.42. The lowest BCUT2D eigenvalue weighted by Crippen LogP contribution is -2.34. The minimum Gasteiger partial charge on any atom is -0.250 e. The van der Waals surface area contributed by atoms with Crippen LogP contribution in [0.15, 0.2) is 12.7 Å². The number of hydrogen-bond donors (Lipinski definition) is 0. The van der Waals surface area contributed by atoms with E-state index in [0.717, 1.165) is 0 Å². The molecule has 0 aromatic heterocycles. The zero-order valence-electron chi connectivity index (χ0n) is 6.62. The first-order valence-electron chi connectivity index (χ1n) is 3.47. The first kappa shape index (κ1) is 10.5. The van der Waals surface area contributed by atoms with Crippen molar-refractivity contribution in [3.05, 3.63) is 12.7 Å². The predicted molar refractivity (Wildman–Crippen MR) is 39.7 cm³/mol. The standard InChI is InChI=1S/C8H13F3/c1-3-7(2)8(4-9,5-10)6-11/h3,7H,1,4-6H2,2H3. The zero-order chi connectivity index (χ0) is 8.91. The molecular formula is C8H13F3. The molecule has 0 rings (SSSR count). The SMILES string of the molecule is C=CC(C)C(CF)(CF)CF. The van der Waals surface area contributed by atoms with Crippen molar-refractivity contribution in [3.8, 4) is 0 Å². The monoisotopic (exact) mass is 166 g/mol. The maximum Gasteiger partial charge on any atom is 0.101 e. The minimum atomic E-state index is -1.48. The Morgan fingerprint density at radius 2 is 1.64 bits per heavy atom. The van der Waals surface area contributed by atoms with E-state index in [4.69, 9.17) is 0 Å². The van der Waals surface area contributed by atoms with Crippen LogP contribution in [0.2, 0.25) is 0 Å². The molecule has 0 aliphatic heterocycles. The Labute approximate surface area is 65.1 Å². The molecule has 0 aliphatic rings. The van der Waals surface area contributed by atoms with Crippen LogP contribution in [0.5, 0.6) is 0 Å². The molecule has 11 heavy (non-hydrogen) atoms. The van der Waals surface area contributed by atoms with Crippen LogP contribution < -0.4 is 0 Å². The van der Waals surface area contributed by atoms with Gasteiger partial charge in [0.25, 0.3) is 0 Å². The third kappa shape index (κ3) is 1.98. The van der Waals surface area contributed by atoms with Crippen LogP contribution in [-0.4, -0.2) is 20.0 Å². The third-order valence-electron chi connectivity index (χ3n) is 2.12. The molecule has 0 nitrogen and oxygen atoms in total. The number of halogens is 3. The summed E-state index contributed by atoms with van der Waals surface area (Å²) in [6.07, 6.45) is 1.37. The van der Waals surface area contributed by atoms with E-state index in [1.54, 1.807) is 6.92 Å². The molecule has 0 N–H and O–H groups in total. The van der Waals surface area contributed by atoms with E-state index in [1.165, 1.54) is 6.08 Å². The second-order valence-corrected chi connectivity index (χ2v) is 2.79. The van der Waals surface area contributed by atoms with Crippen LogP contribution in [0.4, 0.5) is 13.2 Å². The third-order valence-corrected chi connectivity index (χ3v) is 2.12. The van der Waals surface area contributed by atoms with Gasteiger partial charge in [0.2, 0.25) is 0 Å². The molecule has 0 aromatic carbocycles. The molecule has 1 atom stereocenters. The summed E-state index contributed by atoms with van der Waals surface area (Å²) in [6, 6.07) is 0. The summed E-state index contributed by atoms with van der Waals surface area (Å²) >= 11 is 0. The molecule has 0 fully saturated rings. The van der Waals surface area contributed by atoms with Crippen molar-refractivity contribution >= 4 is 0 Å². The molecule has 0 amide bonds. The lowest BCUT2D eigenvalue weighted by atomic mass is 9.80. The van der Waals surface area contributed by atoms with Crippen LogP contribution in [0, 0.1) is 11.3 Å². The van der Waals surface area contributed by atoms with Gasteiger partial charge in [0.1, 0.15) is 20.0 Å². The summed E-state index contributed by atoms with van der Waals surface area (Å²) in [5.41, 5.74) is -1.48. The molecule has 0 saturated heterocycles. The smallest absolute Gasteiger partial charge is 0.101 e. The summed E-state index contributed by atoms with van der Waals surface area (Å²) in [6.45, 7) is 1.99. The van der Waals surface area contributed by atoms with Gasteiger partial charge in [0.15, 0.2) is 0 Å². The first-order valence-corrected chi connectivity index (χ1v) is 3.47. The van der Waals surface area contributed by atoms with Gasteiger partial charge in [0.05, 0.1) is 5.41 Å². The Hall–Kier alpha value is -0.470. The van der Waals surface area contributed by atoms with Crippen LogP contribution in [0.25, 0.3) is 0 Å². The highest BCUT2D eigenvalue weighted by atomic mass is 19.1. The highest BCUT2D eigenvalue weighted by molar-refractivity contribution is 4.92. The summed E-state index contributed by atoms with van der Waals surface area (Å²) in [5.74, 6) is -0.470. The highest BCUT2D eigenvalue weighted by Crippen LogP contribution is 2.30. The molecule has 0 saturated carbocycles. The average Bonchev–Trinajstić information content (AvgIpc) is 2.08. The van der Waals surface area contributed by atoms with Crippen molar-refractivity contribution < 1.29 is 13.2 Å². The van der Waals surface area contributed by atoms with Crippen LogP contribution >= 0.6 is 0 Å². The summed E-state index contributed by atoms with van der Waals surface area (Å²) in [4.78, 5) is 0. The van der Waals surface area contributed by atoms with Gasteiger partial charge >= 0.3 is 0 Å². The van der Waals surface area contributed by atoms with Crippen molar-refractivity contribution in [2.24, 2.45) is 11.3 Å². The molecule has 1 unspecified atom stereocenters. The molecule has 0 heterocycles. The minimum absolute atomic E-state index is 0.470. The lowest BCUT2D eigenvalue weighted by Gasteiger charge is -2.28. The molecular weight excluding hydrogens is 153 g/mol. The summed E-state index contributed by atoms with van der Waals surface area (Å²) < 4.78 is 36.7. The highest BCUT2D eigenvalue weighted by Gasteiger charge is 2.35. The normalized spacial score (nSPS) is 14.5. The lowest BCUT2D eigenvalue weighted by molar-refractivity contribution is 0.0747. The van der Waals surface area contributed by atoms with Crippen molar-refractivity contribution in [2.45, 2.75) is 6.92 Å². The van der Waals surface area contributed by atoms with Gasteiger partial charge < -0.3 is 0 Å². The van der Waals surface area contributed by atoms with E-state index in [9.17, 15) is 13.2 Å². The number of rotatable bonds is 5. The van der Waals surface area contributed by atoms with Crippen molar-refractivity contribution in [3.63, 3.8) is 0 Å². The van der Waals surface area contributed by atoms with E-state index < -0.39 is 31.4 Å². The van der Waals surface area contributed by atoms with E-state index in [0.29, 0.717) is 0 Å². The quantitative estimate of drug-likeness (QED) is 0.551. The Bertz CT molecular complexity index is 110. The second-order valence-electron chi connectivity index (χ2n) is 2.79. The van der Waals surface area contributed by atoms with Crippen molar-refractivity contribution in [1.29, 1.82) is 0 Å². The maximum atomic E-state index is 12.2. The van der Waals surface area contributed by atoms with Crippen LogP contribution in [-0.2, 0) is 0 Å². The Morgan fingerprint density at radius 3 is 1.73 bits per heavy atom. The van der Waals surface area contributed by atoms with E-state index in [2.05, 4.69) is 6.58 Å². The van der Waals surface area contributed by atoms with Gasteiger partial charge in [-0.2, -0.15) is 0 Å². The molecule has 0 bridgehead atoms. The average molecular weight is 166 g/mol. The van der Waals surface area contributed by atoms with Gasteiger partial charge in [-0.3, -0.25) is 13.2 Å². The van der Waals surface area contributed by atoms with Gasteiger partial charge in [-0.05, 0) is 5.92 Å². The topological polar surface area (TPSA) is 0 Å². The summed E-state index contributed by atoms with van der Waals surface area (Å²) in [7, 11) is 0. The number of allylic oxidation sites excluding steroid dienone is 1. The van der Waals surface area contributed by atoms with Gasteiger partial charge in [-0.1, -0.05) is 13.0 Å². The van der Waals surface area contributed by atoms with Crippen molar-refractivity contribution in [1.82, 2.24) is 0 Å². The fourth-order valence-corrected chi connectivity index (χ4v) is 0.722. The van der Waals surface area contributed by atoms with Gasteiger partial charge in [-0.15, -0.1) is 6.58 Å². The first-order chi connectivity index (χ1) is 5.16. The largest absolute Gasteiger partial charge is 0.250 e. The Kier molecular flexibility index (Phi) is 4.23. The van der Waals surface area contributed by atoms with Crippen LogP contribution in [0.1, 0.15) is 6.92 Å². The molecule has 0 aromatic rings. The fourth-order valence-electron chi connectivity index (χ4n) is 0.722. The van der Waals surface area contributed by atoms with Crippen LogP contribution in [0.3, 0.4) is 0 Å². The fraction of sp³-hybridized carbons (Fsp3) is 0.750. The predicted octanol–water partition coefficient (Wildman–Crippen LogP) is 2.70. The Morgan fingerprint density at radius 1 is 1.27 bits per heavy atom. The molecule has 66 valence electrons. The van der Waals surface area contributed by atoms with E-state index in [-0.39, 0.29) is 0 Å². The maximum absolute atomic E-state index is 12.2. The molecule has 0 radical (unpaired) electrons. The molecule has 0 spiro atoms. The van der Waals surface area contributed by atoms with Gasteiger partial charge in [0, 0.05) is 0 Å². The van der Waals surface area contributed by atoms with Crippen molar-refractivity contribution in [2.75, 3.05) is 20.0 Å². The van der Waals surface area contributed by atoms with E-state index >= 15 is 0 Å². The van der Waals surface area contributed by atoms with Gasteiger partial charge in [-0.25, -0.2) is 0 Å². The number of hydrogen-bond acceptors (Lipinski definition) is 0. The van der Waals surface area contributed by atoms with E-state index in [1.807, 2.05) is 0 Å². The zero-order valence-corrected chi connectivity index (χ0v) is 6.62.